The molecule has 0 unspecified atom stereocenters. The van der Waals surface area contributed by atoms with E-state index in [0.29, 0.717) is 43.4 Å². The van der Waals surface area contributed by atoms with Gasteiger partial charge in [-0.25, -0.2) is 14.7 Å². The maximum atomic E-state index is 13.3. The molecule has 10 nitrogen and oxygen atoms in total. The Labute approximate surface area is 251 Å². The van der Waals surface area contributed by atoms with Crippen molar-refractivity contribution in [2.75, 3.05) is 11.5 Å². The van der Waals surface area contributed by atoms with Gasteiger partial charge in [-0.05, 0) is 60.7 Å². The molecule has 5 aromatic rings. The van der Waals surface area contributed by atoms with Crippen molar-refractivity contribution in [2.24, 2.45) is 0 Å². The van der Waals surface area contributed by atoms with Crippen molar-refractivity contribution >= 4 is 61.8 Å². The molecule has 210 valence electrons. The number of hydrogen-bond donors (Lipinski definition) is 0. The highest BCUT2D eigenvalue weighted by Gasteiger charge is 2.36. The second-order valence-electron chi connectivity index (χ2n) is 9.56. The fraction of sp³-hybridized carbons (Fsp3) is 0.0312. The molecular formula is C32H18BrN3O7. The number of carbonyl (C=O) groups excluding carboxylic acids is 4. The Morgan fingerprint density at radius 1 is 0.860 bits per heavy atom. The number of nitrogens with zero attached hydrogens (tertiary/aromatic N) is 3. The second-order valence-corrected chi connectivity index (χ2v) is 10.5. The van der Waals surface area contributed by atoms with E-state index in [0.717, 1.165) is 4.90 Å². The van der Waals surface area contributed by atoms with Crippen LogP contribution in [0.25, 0.3) is 22.2 Å². The van der Waals surface area contributed by atoms with Crippen molar-refractivity contribution in [1.29, 1.82) is 0 Å². The minimum atomic E-state index is -0.760. The van der Waals surface area contributed by atoms with Gasteiger partial charge in [0, 0.05) is 33.1 Å². The van der Waals surface area contributed by atoms with Crippen molar-refractivity contribution in [1.82, 2.24) is 4.98 Å². The molecule has 2 heterocycles. The van der Waals surface area contributed by atoms with Crippen LogP contribution in [-0.4, -0.2) is 40.1 Å². The lowest BCUT2D eigenvalue weighted by Crippen LogP contribution is -2.29. The molecule has 0 saturated heterocycles. The number of halogens is 1. The minimum absolute atomic E-state index is 0.160. The molecule has 11 heteroatoms. The highest BCUT2D eigenvalue weighted by molar-refractivity contribution is 9.10. The van der Waals surface area contributed by atoms with Gasteiger partial charge < -0.3 is 4.74 Å². The molecule has 2 amide bonds. The molecule has 6 rings (SSSR count). The van der Waals surface area contributed by atoms with E-state index in [9.17, 15) is 29.3 Å². The largest absolute Gasteiger partial charge is 0.454 e. The van der Waals surface area contributed by atoms with Crippen LogP contribution >= 0.6 is 15.9 Å². The van der Waals surface area contributed by atoms with Gasteiger partial charge in [-0.2, -0.15) is 0 Å². The smallest absolute Gasteiger partial charge is 0.339 e. The summed E-state index contributed by atoms with van der Waals surface area (Å²) in [7, 11) is 0. The maximum absolute atomic E-state index is 13.3. The number of Topliss-reactive ketones (excluding diaryl/α,β-unsaturated/α-hetero) is 1. The SMILES string of the molecule is O=C(COC(=O)c1cc(-c2ccc(N3C(=O)c4ccccc4C3=O)cc2)nc2ccc(Br)cc12)c1ccc([N+](=O)[O-])cc1. The number of nitro benzene ring substituents is 1. The number of anilines is 1. The third-order valence-electron chi connectivity index (χ3n) is 6.94. The number of fused-ring (bicyclic) bond motifs is 2. The molecular weight excluding hydrogens is 618 g/mol. The Kier molecular flexibility index (Phi) is 7.08. The molecule has 1 aromatic heterocycles. The van der Waals surface area contributed by atoms with Gasteiger partial charge in [-0.15, -0.1) is 0 Å². The number of esters is 1. The monoisotopic (exact) mass is 635 g/mol. The quantitative estimate of drug-likeness (QED) is 0.0657. The van der Waals surface area contributed by atoms with Crippen LogP contribution in [0.2, 0.25) is 0 Å². The van der Waals surface area contributed by atoms with E-state index in [1.165, 1.54) is 24.3 Å². The predicted molar refractivity (Wildman–Crippen MR) is 160 cm³/mol. The van der Waals surface area contributed by atoms with Crippen LogP contribution in [0.1, 0.15) is 41.4 Å². The van der Waals surface area contributed by atoms with Crippen molar-refractivity contribution in [2.45, 2.75) is 0 Å². The number of rotatable bonds is 7. The number of amides is 2. The molecule has 0 radical (unpaired) electrons. The molecule has 1 aliphatic rings. The average Bonchev–Trinajstić information content (AvgIpc) is 3.28. The molecule has 4 aromatic carbocycles. The minimum Gasteiger partial charge on any atom is -0.454 e. The first-order chi connectivity index (χ1) is 20.7. The molecule has 0 atom stereocenters. The highest BCUT2D eigenvalue weighted by atomic mass is 79.9. The van der Waals surface area contributed by atoms with E-state index >= 15 is 0 Å². The molecule has 0 N–H and O–H groups in total. The Hall–Kier alpha value is -5.55. The lowest BCUT2D eigenvalue weighted by molar-refractivity contribution is -0.384. The summed E-state index contributed by atoms with van der Waals surface area (Å²) in [6.45, 7) is -0.571. The number of pyridine rings is 1. The van der Waals surface area contributed by atoms with Crippen molar-refractivity contribution in [3.63, 3.8) is 0 Å². The van der Waals surface area contributed by atoms with Crippen LogP contribution in [0.5, 0.6) is 0 Å². The summed E-state index contributed by atoms with van der Waals surface area (Å²) in [6.07, 6.45) is 0. The number of ether oxygens (including phenoxy) is 1. The first-order valence-corrected chi connectivity index (χ1v) is 13.6. The number of nitro groups is 1. The third-order valence-corrected chi connectivity index (χ3v) is 7.43. The van der Waals surface area contributed by atoms with Gasteiger partial charge >= 0.3 is 5.97 Å². The van der Waals surface area contributed by atoms with Gasteiger partial charge in [0.25, 0.3) is 17.5 Å². The van der Waals surface area contributed by atoms with Crippen LogP contribution in [-0.2, 0) is 4.74 Å². The first-order valence-electron chi connectivity index (χ1n) is 12.8. The molecule has 0 saturated carbocycles. The van der Waals surface area contributed by atoms with E-state index in [1.807, 2.05) is 0 Å². The number of non-ortho nitro benzene ring substituents is 1. The van der Waals surface area contributed by atoms with Crippen LogP contribution in [0.4, 0.5) is 11.4 Å². The van der Waals surface area contributed by atoms with Gasteiger partial charge in [0.2, 0.25) is 0 Å². The summed E-state index contributed by atoms with van der Waals surface area (Å²) in [4.78, 5) is 67.7. The molecule has 1 aliphatic heterocycles. The molecule has 43 heavy (non-hydrogen) atoms. The van der Waals surface area contributed by atoms with E-state index in [4.69, 9.17) is 4.74 Å². The summed E-state index contributed by atoms with van der Waals surface area (Å²) in [5, 5.41) is 11.4. The Bertz CT molecular complexity index is 1950. The number of carbonyl (C=O) groups is 4. The number of imide groups is 1. The van der Waals surface area contributed by atoms with Gasteiger partial charge in [-0.3, -0.25) is 24.5 Å². The van der Waals surface area contributed by atoms with Crippen LogP contribution in [0.3, 0.4) is 0 Å². The van der Waals surface area contributed by atoms with E-state index < -0.39 is 35.1 Å². The maximum Gasteiger partial charge on any atom is 0.339 e. The Morgan fingerprint density at radius 2 is 1.51 bits per heavy atom. The summed E-state index contributed by atoms with van der Waals surface area (Å²) < 4.78 is 6.06. The van der Waals surface area contributed by atoms with Crippen molar-refractivity contribution < 1.29 is 28.8 Å². The van der Waals surface area contributed by atoms with E-state index in [1.54, 1.807) is 72.8 Å². The summed E-state index contributed by atoms with van der Waals surface area (Å²) in [6, 6.07) is 25.1. The average molecular weight is 636 g/mol. The standard InChI is InChI=1S/C32H18BrN3O7/c33-20-9-14-27-25(15-20)26(32(40)43-17-29(37)19-7-12-22(13-8-19)36(41)42)16-28(34-27)18-5-10-21(11-6-18)35-30(38)23-3-1-2-4-24(23)31(35)39/h1-16H,17H2. The summed E-state index contributed by atoms with van der Waals surface area (Å²) >= 11 is 3.41. The Morgan fingerprint density at radius 3 is 2.14 bits per heavy atom. The number of ketones is 1. The molecule has 0 bridgehead atoms. The number of aromatic nitrogens is 1. The van der Waals surface area contributed by atoms with Crippen molar-refractivity contribution in [3.05, 3.63) is 134 Å². The summed E-state index contributed by atoms with van der Waals surface area (Å²) in [5.74, 6) is -2.09. The lowest BCUT2D eigenvalue weighted by Gasteiger charge is -2.15. The zero-order chi connectivity index (χ0) is 30.2. The van der Waals surface area contributed by atoms with Crippen LogP contribution in [0, 0.1) is 10.1 Å². The third kappa shape index (κ3) is 5.17. The van der Waals surface area contributed by atoms with Crippen LogP contribution in [0.15, 0.2) is 102 Å². The van der Waals surface area contributed by atoms with Gasteiger partial charge in [0.15, 0.2) is 12.4 Å². The summed E-state index contributed by atoms with van der Waals surface area (Å²) in [5.41, 5.74) is 2.79. The fourth-order valence-electron chi connectivity index (χ4n) is 4.78. The van der Waals surface area contributed by atoms with Gasteiger partial charge in [0.1, 0.15) is 0 Å². The van der Waals surface area contributed by atoms with E-state index in [-0.39, 0.29) is 16.8 Å². The highest BCUT2D eigenvalue weighted by Crippen LogP contribution is 2.32. The number of benzene rings is 4. The number of hydrogen-bond acceptors (Lipinski definition) is 8. The normalized spacial score (nSPS) is 12.3. The first kappa shape index (κ1) is 27.6. The zero-order valence-corrected chi connectivity index (χ0v) is 23.6. The molecule has 0 fully saturated rings. The van der Waals surface area contributed by atoms with Crippen LogP contribution < -0.4 is 4.90 Å². The molecule has 0 aliphatic carbocycles. The second kappa shape index (κ2) is 11.0. The Balaban J connectivity index is 1.27. The topological polar surface area (TPSA) is 137 Å². The zero-order valence-electron chi connectivity index (χ0n) is 22.0. The van der Waals surface area contributed by atoms with Gasteiger partial charge in [-0.1, -0.05) is 40.2 Å². The lowest BCUT2D eigenvalue weighted by atomic mass is 10.0. The van der Waals surface area contributed by atoms with E-state index in [2.05, 4.69) is 20.9 Å². The predicted octanol–water partition coefficient (Wildman–Crippen LogP) is 6.41. The molecule has 0 spiro atoms. The van der Waals surface area contributed by atoms with Crippen molar-refractivity contribution in [3.8, 4) is 11.3 Å². The fourth-order valence-corrected chi connectivity index (χ4v) is 5.14. The van der Waals surface area contributed by atoms with Gasteiger partial charge in [0.05, 0.1) is 38.5 Å².